The Hall–Kier alpha value is -3.14. The Morgan fingerprint density at radius 1 is 0.963 bits per heavy atom. The minimum atomic E-state index is -0.599. The molecule has 27 heavy (non-hydrogen) atoms. The molecule has 134 valence electrons. The highest BCUT2D eigenvalue weighted by Crippen LogP contribution is 2.39. The third-order valence-electron chi connectivity index (χ3n) is 5.60. The molecule has 2 heterocycles. The summed E-state index contributed by atoms with van der Waals surface area (Å²) in [6.45, 7) is 1.04. The highest BCUT2D eigenvalue weighted by atomic mass is 16.5. The highest BCUT2D eigenvalue weighted by Gasteiger charge is 2.47. The number of carbonyl (C=O) groups excluding carboxylic acids is 2. The lowest BCUT2D eigenvalue weighted by Crippen LogP contribution is -2.45. The highest BCUT2D eigenvalue weighted by molar-refractivity contribution is 6.01. The van der Waals surface area contributed by atoms with E-state index in [1.165, 1.54) is 0 Å². The molecule has 3 aromatic rings. The summed E-state index contributed by atoms with van der Waals surface area (Å²) in [7, 11) is 0. The van der Waals surface area contributed by atoms with Gasteiger partial charge in [0.25, 0.3) is 5.91 Å². The first-order valence-corrected chi connectivity index (χ1v) is 9.23. The second-order valence-corrected chi connectivity index (χ2v) is 7.42. The van der Waals surface area contributed by atoms with Gasteiger partial charge in [-0.25, -0.2) is 0 Å². The first kappa shape index (κ1) is 16.1. The summed E-state index contributed by atoms with van der Waals surface area (Å²) in [5.41, 5.74) is 0.716. The number of amides is 1. The maximum atomic E-state index is 13.0. The van der Waals surface area contributed by atoms with E-state index in [0.717, 1.165) is 10.8 Å². The third-order valence-corrected chi connectivity index (χ3v) is 5.60. The third kappa shape index (κ3) is 2.69. The molecule has 5 rings (SSSR count). The Kier molecular flexibility index (Phi) is 3.54. The van der Waals surface area contributed by atoms with Gasteiger partial charge in [-0.05, 0) is 35.0 Å². The van der Waals surface area contributed by atoms with Crippen molar-refractivity contribution in [2.24, 2.45) is 0 Å². The van der Waals surface area contributed by atoms with Gasteiger partial charge in [0.1, 0.15) is 11.4 Å². The average Bonchev–Trinajstić information content (AvgIpc) is 3.10. The lowest BCUT2D eigenvalue weighted by Gasteiger charge is -2.34. The van der Waals surface area contributed by atoms with Crippen molar-refractivity contribution in [1.82, 2.24) is 4.90 Å². The van der Waals surface area contributed by atoms with Crippen molar-refractivity contribution in [2.75, 3.05) is 13.1 Å². The minimum Gasteiger partial charge on any atom is -0.484 e. The molecule has 1 spiro atoms. The van der Waals surface area contributed by atoms with Crippen LogP contribution < -0.4 is 4.74 Å². The van der Waals surface area contributed by atoms with Gasteiger partial charge >= 0.3 is 0 Å². The molecule has 0 N–H and O–H groups in total. The van der Waals surface area contributed by atoms with Crippen molar-refractivity contribution in [3.8, 4) is 5.75 Å². The number of fused-ring (bicyclic) bond motifs is 2. The summed E-state index contributed by atoms with van der Waals surface area (Å²) >= 11 is 0. The number of hydrogen-bond acceptors (Lipinski definition) is 3. The van der Waals surface area contributed by atoms with Crippen LogP contribution in [-0.4, -0.2) is 35.3 Å². The normalized spacial score (nSPS) is 21.3. The van der Waals surface area contributed by atoms with E-state index in [4.69, 9.17) is 4.74 Å². The van der Waals surface area contributed by atoms with Crippen LogP contribution in [0, 0.1) is 0 Å². The van der Waals surface area contributed by atoms with Gasteiger partial charge in [0.05, 0.1) is 18.5 Å². The molecule has 0 aromatic heterocycles. The molecular weight excluding hydrogens is 338 g/mol. The van der Waals surface area contributed by atoms with Crippen molar-refractivity contribution < 1.29 is 14.3 Å². The summed E-state index contributed by atoms with van der Waals surface area (Å²) in [5.74, 6) is 0.721. The zero-order valence-electron chi connectivity index (χ0n) is 14.9. The fraction of sp³-hybridized carbons (Fsp3) is 0.217. The van der Waals surface area contributed by atoms with Crippen molar-refractivity contribution in [3.63, 3.8) is 0 Å². The van der Waals surface area contributed by atoms with Crippen LogP contribution in [0.5, 0.6) is 5.75 Å². The molecule has 0 aliphatic carbocycles. The standard InChI is InChI=1S/C23H19NO3/c25-20-14-23(27-21-8-4-3-7-19(20)21)11-12-24(15-23)22(26)18-10-9-16-5-1-2-6-17(16)13-18/h1-10,13H,11-12,14-15H2. The largest absolute Gasteiger partial charge is 0.484 e. The van der Waals surface area contributed by atoms with E-state index >= 15 is 0 Å². The topological polar surface area (TPSA) is 46.6 Å². The monoisotopic (exact) mass is 357 g/mol. The van der Waals surface area contributed by atoms with Crippen LogP contribution in [0.4, 0.5) is 0 Å². The zero-order valence-corrected chi connectivity index (χ0v) is 14.9. The molecule has 4 nitrogen and oxygen atoms in total. The van der Waals surface area contributed by atoms with Crippen molar-refractivity contribution in [3.05, 3.63) is 77.9 Å². The molecule has 1 atom stereocenters. The van der Waals surface area contributed by atoms with Crippen LogP contribution in [0.1, 0.15) is 33.6 Å². The Bertz CT molecular complexity index is 1070. The molecule has 4 heteroatoms. The molecule has 2 aliphatic heterocycles. The summed E-state index contributed by atoms with van der Waals surface area (Å²) in [5, 5.41) is 2.17. The molecule has 2 aliphatic rings. The summed E-state index contributed by atoms with van der Waals surface area (Å²) in [4.78, 5) is 27.4. The number of Topliss-reactive ketones (excluding diaryl/α,β-unsaturated/α-hetero) is 1. The minimum absolute atomic E-state index is 0.00691. The van der Waals surface area contributed by atoms with Crippen LogP contribution in [0.2, 0.25) is 0 Å². The van der Waals surface area contributed by atoms with Gasteiger partial charge in [0.2, 0.25) is 0 Å². The van der Waals surface area contributed by atoms with E-state index in [1.807, 2.05) is 65.6 Å². The summed E-state index contributed by atoms with van der Waals surface area (Å²) < 4.78 is 6.22. The van der Waals surface area contributed by atoms with Gasteiger partial charge in [0.15, 0.2) is 5.78 Å². The lowest BCUT2D eigenvalue weighted by molar-refractivity contribution is 0.0428. The van der Waals surface area contributed by atoms with Gasteiger partial charge in [-0.3, -0.25) is 9.59 Å². The van der Waals surface area contributed by atoms with Gasteiger partial charge in [-0.1, -0.05) is 42.5 Å². The Labute approximate surface area is 157 Å². The number of ketones is 1. The first-order valence-electron chi connectivity index (χ1n) is 9.23. The molecule has 1 saturated heterocycles. The van der Waals surface area contributed by atoms with E-state index in [2.05, 4.69) is 0 Å². The zero-order chi connectivity index (χ0) is 18.4. The quantitative estimate of drug-likeness (QED) is 0.659. The smallest absolute Gasteiger partial charge is 0.254 e. The first-order chi connectivity index (χ1) is 13.1. The van der Waals surface area contributed by atoms with E-state index in [0.29, 0.717) is 42.8 Å². The van der Waals surface area contributed by atoms with Crippen LogP contribution in [0.25, 0.3) is 10.8 Å². The molecule has 1 fully saturated rings. The Morgan fingerprint density at radius 3 is 2.63 bits per heavy atom. The Balaban J connectivity index is 1.40. The van der Waals surface area contributed by atoms with Gasteiger partial charge in [-0.2, -0.15) is 0 Å². The predicted molar refractivity (Wildman–Crippen MR) is 103 cm³/mol. The maximum Gasteiger partial charge on any atom is 0.254 e. The second-order valence-electron chi connectivity index (χ2n) is 7.42. The molecule has 0 radical (unpaired) electrons. The van der Waals surface area contributed by atoms with E-state index < -0.39 is 5.60 Å². The van der Waals surface area contributed by atoms with Crippen molar-refractivity contribution in [2.45, 2.75) is 18.4 Å². The van der Waals surface area contributed by atoms with Crippen molar-refractivity contribution in [1.29, 1.82) is 0 Å². The molecule has 1 unspecified atom stereocenters. The molecule has 0 saturated carbocycles. The predicted octanol–water partition coefficient (Wildman–Crippen LogP) is 4.09. The van der Waals surface area contributed by atoms with E-state index in [9.17, 15) is 9.59 Å². The molecular formula is C23H19NO3. The van der Waals surface area contributed by atoms with Gasteiger partial charge in [0, 0.05) is 18.5 Å². The fourth-order valence-corrected chi connectivity index (χ4v) is 4.19. The van der Waals surface area contributed by atoms with E-state index in [1.54, 1.807) is 6.07 Å². The van der Waals surface area contributed by atoms with Crippen LogP contribution in [0.15, 0.2) is 66.7 Å². The van der Waals surface area contributed by atoms with Crippen LogP contribution in [-0.2, 0) is 0 Å². The number of nitrogens with zero attached hydrogens (tertiary/aromatic N) is 1. The van der Waals surface area contributed by atoms with Gasteiger partial charge in [-0.15, -0.1) is 0 Å². The lowest BCUT2D eigenvalue weighted by atomic mass is 9.89. The molecule has 0 bridgehead atoms. The number of likely N-dealkylation sites (tertiary alicyclic amines) is 1. The molecule has 1 amide bonds. The maximum absolute atomic E-state index is 13.0. The summed E-state index contributed by atoms with van der Waals surface area (Å²) in [6, 6.07) is 21.2. The number of carbonyl (C=O) groups is 2. The van der Waals surface area contributed by atoms with Crippen LogP contribution in [0.3, 0.4) is 0 Å². The van der Waals surface area contributed by atoms with Gasteiger partial charge < -0.3 is 9.64 Å². The number of para-hydroxylation sites is 1. The van der Waals surface area contributed by atoms with Crippen molar-refractivity contribution >= 4 is 22.5 Å². The number of benzene rings is 3. The number of hydrogen-bond donors (Lipinski definition) is 0. The van der Waals surface area contributed by atoms with Crippen LogP contribution >= 0.6 is 0 Å². The van der Waals surface area contributed by atoms with E-state index in [-0.39, 0.29) is 11.7 Å². The summed E-state index contributed by atoms with van der Waals surface area (Å²) in [6.07, 6.45) is 0.998. The fourth-order valence-electron chi connectivity index (χ4n) is 4.19. The number of rotatable bonds is 1. The molecule has 3 aromatic carbocycles. The number of ether oxygens (including phenoxy) is 1. The average molecular weight is 357 g/mol. The SMILES string of the molecule is O=C1CC2(CCN(C(=O)c3ccc4ccccc4c3)C2)Oc2ccccc21. The second kappa shape index (κ2) is 5.95. The Morgan fingerprint density at radius 2 is 1.74 bits per heavy atom.